The summed E-state index contributed by atoms with van der Waals surface area (Å²) in [4.78, 5) is 3.41. The Kier molecular flexibility index (Phi) is 6.21. The van der Waals surface area contributed by atoms with Gasteiger partial charge >= 0.3 is 6.18 Å². The van der Waals surface area contributed by atoms with Gasteiger partial charge in [-0.15, -0.1) is 0 Å². The van der Waals surface area contributed by atoms with Crippen LogP contribution in [0.4, 0.5) is 19.0 Å². The molecule has 0 aliphatic heterocycles. The molecule has 0 radical (unpaired) electrons. The molecule has 1 heterocycles. The van der Waals surface area contributed by atoms with Gasteiger partial charge in [-0.3, -0.25) is 0 Å². The monoisotopic (exact) mass is 289 g/mol. The Hall–Kier alpha value is -1.85. The third-order valence-corrected chi connectivity index (χ3v) is 2.30. The van der Waals surface area contributed by atoms with Gasteiger partial charge in [-0.05, 0) is 18.6 Å². The van der Waals surface area contributed by atoms with Gasteiger partial charge in [0.15, 0.2) is 0 Å². The van der Waals surface area contributed by atoms with Gasteiger partial charge in [0.1, 0.15) is 17.6 Å². The Morgan fingerprint density at radius 2 is 2.10 bits per heavy atom. The van der Waals surface area contributed by atoms with Crippen molar-refractivity contribution < 1.29 is 23.0 Å². The fourth-order valence-corrected chi connectivity index (χ4v) is 1.39. The molecule has 20 heavy (non-hydrogen) atoms. The molecule has 8 heteroatoms. The van der Waals surface area contributed by atoms with Crippen LogP contribution in [0.25, 0.3) is 0 Å². The van der Waals surface area contributed by atoms with E-state index in [4.69, 9.17) is 15.1 Å². The largest absolute Gasteiger partial charge is 0.433 e. The van der Waals surface area contributed by atoms with E-state index < -0.39 is 11.9 Å². The van der Waals surface area contributed by atoms with Crippen molar-refractivity contribution in [2.24, 2.45) is 0 Å². The van der Waals surface area contributed by atoms with Gasteiger partial charge < -0.3 is 15.2 Å². The highest BCUT2D eigenvalue weighted by molar-refractivity contribution is 5.52. The number of alkyl halides is 3. The summed E-state index contributed by atoms with van der Waals surface area (Å²) in [6.07, 6.45) is -4.03. The quantitative estimate of drug-likeness (QED) is 0.748. The molecule has 0 saturated heterocycles. The van der Waals surface area contributed by atoms with Crippen LogP contribution in [0.5, 0.6) is 0 Å². The second-order valence-electron chi connectivity index (χ2n) is 3.82. The van der Waals surface area contributed by atoms with E-state index in [9.17, 15) is 13.2 Å². The molecule has 0 aromatic carbocycles. The van der Waals surface area contributed by atoms with Gasteiger partial charge in [-0.25, -0.2) is 4.98 Å². The second-order valence-corrected chi connectivity index (χ2v) is 3.82. The molecule has 0 amide bonds. The number of anilines is 1. The lowest BCUT2D eigenvalue weighted by Crippen LogP contribution is -2.13. The van der Waals surface area contributed by atoms with E-state index in [1.54, 1.807) is 6.07 Å². The molecule has 1 aromatic heterocycles. The van der Waals surface area contributed by atoms with Crippen molar-refractivity contribution in [2.45, 2.75) is 12.6 Å². The first kappa shape index (κ1) is 16.2. The molecule has 0 spiro atoms. The number of ether oxygens (including phenoxy) is 1. The summed E-state index contributed by atoms with van der Waals surface area (Å²) in [5.74, 6) is -0.0931. The van der Waals surface area contributed by atoms with E-state index in [2.05, 4.69) is 10.3 Å². The molecular weight excluding hydrogens is 275 g/mol. The van der Waals surface area contributed by atoms with Crippen molar-refractivity contribution in [1.82, 2.24) is 4.98 Å². The van der Waals surface area contributed by atoms with Crippen LogP contribution in [-0.2, 0) is 10.9 Å². The zero-order valence-corrected chi connectivity index (χ0v) is 10.6. The van der Waals surface area contributed by atoms with E-state index in [1.165, 1.54) is 0 Å². The van der Waals surface area contributed by atoms with Crippen molar-refractivity contribution in [3.8, 4) is 6.07 Å². The molecule has 1 rings (SSSR count). The zero-order valence-electron chi connectivity index (χ0n) is 10.6. The summed E-state index contributed by atoms with van der Waals surface area (Å²) in [5.41, 5.74) is -0.996. The van der Waals surface area contributed by atoms with Gasteiger partial charge in [-0.2, -0.15) is 18.4 Å². The third kappa shape index (κ3) is 5.03. The van der Waals surface area contributed by atoms with E-state index in [-0.39, 0.29) is 24.6 Å². The Morgan fingerprint density at radius 3 is 2.70 bits per heavy atom. The molecule has 2 N–H and O–H groups in total. The highest BCUT2D eigenvalue weighted by Crippen LogP contribution is 2.29. The van der Waals surface area contributed by atoms with Gasteiger partial charge in [-0.1, -0.05) is 0 Å². The number of nitrogens with one attached hydrogen (secondary N) is 1. The fraction of sp³-hybridized carbons (Fsp3) is 0.500. The van der Waals surface area contributed by atoms with Crippen molar-refractivity contribution in [2.75, 3.05) is 31.7 Å². The molecule has 0 atom stereocenters. The lowest BCUT2D eigenvalue weighted by atomic mass is 10.2. The average molecular weight is 289 g/mol. The van der Waals surface area contributed by atoms with Crippen LogP contribution in [0.15, 0.2) is 12.1 Å². The first-order chi connectivity index (χ1) is 9.49. The minimum atomic E-state index is -4.55. The molecule has 0 aliphatic rings. The molecule has 0 fully saturated rings. The highest BCUT2D eigenvalue weighted by Gasteiger charge is 2.33. The van der Waals surface area contributed by atoms with Gasteiger partial charge in [0.25, 0.3) is 0 Å². The number of hydrogen-bond acceptors (Lipinski definition) is 5. The highest BCUT2D eigenvalue weighted by atomic mass is 19.4. The standard InChI is InChI=1S/C12H14F3N3O2/c13-12(14,15)10-3-2-9(8-16)11(18-10)17-4-1-6-20-7-5-19/h2-3,19H,1,4-7H2,(H,17,18). The Bertz CT molecular complexity index is 472. The zero-order chi connectivity index (χ0) is 15.0. The predicted octanol–water partition coefficient (Wildman–Crippen LogP) is 1.78. The smallest absolute Gasteiger partial charge is 0.394 e. The van der Waals surface area contributed by atoms with Gasteiger partial charge in [0.2, 0.25) is 0 Å². The maximum absolute atomic E-state index is 12.5. The molecule has 0 bridgehead atoms. The Balaban J connectivity index is 2.61. The number of pyridine rings is 1. The number of hydrogen-bond donors (Lipinski definition) is 2. The summed E-state index contributed by atoms with van der Waals surface area (Å²) in [5, 5.41) is 20.0. The SMILES string of the molecule is N#Cc1ccc(C(F)(F)F)nc1NCCCOCCO. The minimum Gasteiger partial charge on any atom is -0.394 e. The number of aliphatic hydroxyl groups is 1. The lowest BCUT2D eigenvalue weighted by molar-refractivity contribution is -0.141. The summed E-state index contributed by atoms with van der Waals surface area (Å²) in [6.45, 7) is 0.801. The fourth-order valence-electron chi connectivity index (χ4n) is 1.39. The lowest BCUT2D eigenvalue weighted by Gasteiger charge is -2.11. The van der Waals surface area contributed by atoms with E-state index in [0.717, 1.165) is 12.1 Å². The van der Waals surface area contributed by atoms with Crippen LogP contribution in [0.3, 0.4) is 0 Å². The molecule has 0 saturated carbocycles. The van der Waals surface area contributed by atoms with Crippen molar-refractivity contribution in [3.63, 3.8) is 0 Å². The van der Waals surface area contributed by atoms with Crippen LogP contribution in [-0.4, -0.2) is 36.5 Å². The number of rotatable bonds is 7. The first-order valence-electron chi connectivity index (χ1n) is 5.90. The van der Waals surface area contributed by atoms with Crippen molar-refractivity contribution in [1.29, 1.82) is 5.26 Å². The number of halogens is 3. The molecular formula is C12H14F3N3O2. The van der Waals surface area contributed by atoms with Crippen molar-refractivity contribution in [3.05, 3.63) is 23.4 Å². The molecule has 110 valence electrons. The molecule has 5 nitrogen and oxygen atoms in total. The maximum Gasteiger partial charge on any atom is 0.433 e. The number of nitrogens with zero attached hydrogens (tertiary/aromatic N) is 2. The molecule has 0 aliphatic carbocycles. The summed E-state index contributed by atoms with van der Waals surface area (Å²) in [7, 11) is 0. The normalized spacial score (nSPS) is 11.2. The minimum absolute atomic E-state index is 0.0503. The maximum atomic E-state index is 12.5. The predicted molar refractivity (Wildman–Crippen MR) is 65.0 cm³/mol. The van der Waals surface area contributed by atoms with Gasteiger partial charge in [0, 0.05) is 13.2 Å². The number of aliphatic hydroxyl groups excluding tert-OH is 1. The number of nitriles is 1. The summed E-state index contributed by atoms with van der Waals surface area (Å²) in [6, 6.07) is 3.63. The first-order valence-corrected chi connectivity index (χ1v) is 5.90. The molecule has 0 unspecified atom stereocenters. The summed E-state index contributed by atoms with van der Waals surface area (Å²) < 4.78 is 42.5. The van der Waals surface area contributed by atoms with Crippen LogP contribution in [0.2, 0.25) is 0 Å². The topological polar surface area (TPSA) is 78.2 Å². The molecule has 1 aromatic rings. The van der Waals surface area contributed by atoms with E-state index in [0.29, 0.717) is 19.6 Å². The second kappa shape index (κ2) is 7.67. The summed E-state index contributed by atoms with van der Waals surface area (Å²) >= 11 is 0. The van der Waals surface area contributed by atoms with Crippen LogP contribution < -0.4 is 5.32 Å². The van der Waals surface area contributed by atoms with Crippen LogP contribution in [0, 0.1) is 11.3 Å². The van der Waals surface area contributed by atoms with E-state index >= 15 is 0 Å². The van der Waals surface area contributed by atoms with Gasteiger partial charge in [0.05, 0.1) is 18.8 Å². The Labute approximate surface area is 114 Å². The number of aromatic nitrogens is 1. The van der Waals surface area contributed by atoms with Crippen molar-refractivity contribution >= 4 is 5.82 Å². The average Bonchev–Trinajstić information content (AvgIpc) is 2.41. The van der Waals surface area contributed by atoms with E-state index in [1.807, 2.05) is 0 Å². The van der Waals surface area contributed by atoms with Crippen LogP contribution >= 0.6 is 0 Å². The van der Waals surface area contributed by atoms with Crippen LogP contribution in [0.1, 0.15) is 17.7 Å². The Morgan fingerprint density at radius 1 is 1.35 bits per heavy atom. The third-order valence-electron chi connectivity index (χ3n) is 2.30.